The van der Waals surface area contributed by atoms with Crippen LogP contribution in [0, 0.1) is 0 Å². The number of methoxy groups -OCH3 is 2. The minimum Gasteiger partial charge on any atom is -0.493 e. The molecule has 1 heterocycles. The first-order chi connectivity index (χ1) is 11.9. The number of carbonyl (C=O) groups excluding carboxylic acids is 2. The lowest BCUT2D eigenvalue weighted by atomic mass is 10.1. The van der Waals surface area contributed by atoms with Crippen molar-refractivity contribution in [1.82, 2.24) is 4.90 Å². The Balaban J connectivity index is 2.29. The molecule has 0 N–H and O–H groups in total. The van der Waals surface area contributed by atoms with Crippen LogP contribution in [0.3, 0.4) is 0 Å². The van der Waals surface area contributed by atoms with E-state index in [1.54, 1.807) is 32.2 Å². The minimum atomic E-state index is -0.765. The van der Waals surface area contributed by atoms with Crippen molar-refractivity contribution in [2.24, 2.45) is 0 Å². The fourth-order valence-electron chi connectivity index (χ4n) is 2.29. The summed E-state index contributed by atoms with van der Waals surface area (Å²) in [6.07, 6.45) is 1.71. The zero-order chi connectivity index (χ0) is 18.6. The van der Waals surface area contributed by atoms with Gasteiger partial charge in [0.25, 0.3) is 5.91 Å². The highest BCUT2D eigenvalue weighted by Gasteiger charge is 2.38. The summed E-state index contributed by atoms with van der Waals surface area (Å²) in [5.74, 6) is 0.379. The highest BCUT2D eigenvalue weighted by atomic mass is 32.2. The van der Waals surface area contributed by atoms with Gasteiger partial charge in [-0.2, -0.15) is 0 Å². The maximum atomic E-state index is 12.6. The second-order valence-electron chi connectivity index (χ2n) is 5.09. The largest absolute Gasteiger partial charge is 0.493 e. The second-order valence-corrected chi connectivity index (χ2v) is 6.77. The van der Waals surface area contributed by atoms with Crippen LogP contribution in [0.25, 0.3) is 6.08 Å². The summed E-state index contributed by atoms with van der Waals surface area (Å²) in [5.41, 5.74) is 0.770. The van der Waals surface area contributed by atoms with Gasteiger partial charge in [-0.3, -0.25) is 9.69 Å². The standard InChI is InChI=1S/C17H19NO5S2/c1-5-23-12-7-6-11(8-13(12)21-3)9-14-15(19)18(17(24)25-14)10(2)16(20)22-4/h6-10H,5H2,1-4H3. The molecule has 1 aromatic rings. The third-order valence-corrected chi connectivity index (χ3v) is 4.87. The van der Waals surface area contributed by atoms with E-state index in [0.29, 0.717) is 27.3 Å². The molecule has 1 aliphatic rings. The first-order valence-electron chi connectivity index (χ1n) is 7.58. The SMILES string of the molecule is CCOc1ccc(C=C2SC(=S)N(C(C)C(=O)OC)C2=O)cc1OC. The summed E-state index contributed by atoms with van der Waals surface area (Å²) < 4.78 is 15.8. The van der Waals surface area contributed by atoms with Crippen LogP contribution < -0.4 is 9.47 Å². The molecule has 0 saturated carbocycles. The van der Waals surface area contributed by atoms with Gasteiger partial charge in [0.1, 0.15) is 10.4 Å². The van der Waals surface area contributed by atoms with Crippen LogP contribution in [0.1, 0.15) is 19.4 Å². The van der Waals surface area contributed by atoms with Crippen LogP contribution in [0.2, 0.25) is 0 Å². The Labute approximate surface area is 156 Å². The van der Waals surface area contributed by atoms with Crippen molar-refractivity contribution in [3.63, 3.8) is 0 Å². The molecular formula is C17H19NO5S2. The Morgan fingerprint density at radius 2 is 2.08 bits per heavy atom. The van der Waals surface area contributed by atoms with Gasteiger partial charge in [-0.15, -0.1) is 0 Å². The van der Waals surface area contributed by atoms with E-state index in [9.17, 15) is 9.59 Å². The van der Waals surface area contributed by atoms with Crippen molar-refractivity contribution in [3.05, 3.63) is 28.7 Å². The van der Waals surface area contributed by atoms with Crippen LogP contribution in [0.5, 0.6) is 11.5 Å². The number of amides is 1. The molecule has 0 bridgehead atoms. The predicted molar refractivity (Wildman–Crippen MR) is 101 cm³/mol. The number of thioether (sulfide) groups is 1. The number of benzene rings is 1. The third-order valence-electron chi connectivity index (χ3n) is 3.54. The molecule has 1 saturated heterocycles. The summed E-state index contributed by atoms with van der Waals surface area (Å²) in [6.45, 7) is 4.00. The topological polar surface area (TPSA) is 65.1 Å². The maximum absolute atomic E-state index is 12.6. The normalized spacial score (nSPS) is 17.0. The first-order valence-corrected chi connectivity index (χ1v) is 8.81. The van der Waals surface area contributed by atoms with E-state index in [1.165, 1.54) is 12.0 Å². The summed E-state index contributed by atoms with van der Waals surface area (Å²) in [5, 5.41) is 0. The second kappa shape index (κ2) is 8.35. The number of thiocarbonyl (C=S) groups is 1. The summed E-state index contributed by atoms with van der Waals surface area (Å²) >= 11 is 6.38. The van der Waals surface area contributed by atoms with E-state index < -0.39 is 12.0 Å². The van der Waals surface area contributed by atoms with Gasteiger partial charge < -0.3 is 14.2 Å². The summed E-state index contributed by atoms with van der Waals surface area (Å²) in [4.78, 5) is 26.0. The average Bonchev–Trinajstić information content (AvgIpc) is 2.88. The molecule has 0 aromatic heterocycles. The summed E-state index contributed by atoms with van der Waals surface area (Å²) in [7, 11) is 2.83. The molecule has 25 heavy (non-hydrogen) atoms. The molecule has 6 nitrogen and oxygen atoms in total. The Morgan fingerprint density at radius 1 is 1.36 bits per heavy atom. The van der Waals surface area contributed by atoms with Crippen LogP contribution in [-0.4, -0.2) is 48.0 Å². The number of carbonyl (C=O) groups is 2. The molecule has 0 spiro atoms. The number of hydrogen-bond donors (Lipinski definition) is 0. The van der Waals surface area contributed by atoms with Crippen molar-refractivity contribution in [1.29, 1.82) is 0 Å². The van der Waals surface area contributed by atoms with Crippen molar-refractivity contribution >= 4 is 46.3 Å². The Bertz CT molecular complexity index is 732. The molecule has 0 radical (unpaired) electrons. The van der Waals surface area contributed by atoms with Crippen LogP contribution in [-0.2, 0) is 14.3 Å². The first kappa shape index (κ1) is 19.3. The number of esters is 1. The minimum absolute atomic E-state index is 0.319. The lowest BCUT2D eigenvalue weighted by Gasteiger charge is -2.20. The molecule has 1 unspecified atom stereocenters. The molecular weight excluding hydrogens is 362 g/mol. The van der Waals surface area contributed by atoms with Gasteiger partial charge >= 0.3 is 5.97 Å². The molecule has 1 fully saturated rings. The molecule has 1 aromatic carbocycles. The van der Waals surface area contributed by atoms with Crippen molar-refractivity contribution < 1.29 is 23.8 Å². The lowest BCUT2D eigenvalue weighted by molar-refractivity contribution is -0.147. The van der Waals surface area contributed by atoms with E-state index in [1.807, 2.05) is 13.0 Å². The van der Waals surface area contributed by atoms with Crippen LogP contribution in [0.4, 0.5) is 0 Å². The van der Waals surface area contributed by atoms with Gasteiger partial charge in [0.15, 0.2) is 11.5 Å². The smallest absolute Gasteiger partial charge is 0.328 e. The van der Waals surface area contributed by atoms with E-state index in [-0.39, 0.29) is 5.91 Å². The zero-order valence-electron chi connectivity index (χ0n) is 14.4. The van der Waals surface area contributed by atoms with E-state index in [4.69, 9.17) is 21.7 Å². The van der Waals surface area contributed by atoms with Crippen molar-refractivity contribution in [2.45, 2.75) is 19.9 Å². The Hall–Kier alpha value is -2.06. The number of nitrogens with zero attached hydrogens (tertiary/aromatic N) is 1. The third kappa shape index (κ3) is 4.13. The van der Waals surface area contributed by atoms with E-state index in [0.717, 1.165) is 17.3 Å². The number of ether oxygens (including phenoxy) is 3. The zero-order valence-corrected chi connectivity index (χ0v) is 16.0. The number of rotatable bonds is 6. The molecule has 1 amide bonds. The van der Waals surface area contributed by atoms with Crippen LogP contribution >= 0.6 is 24.0 Å². The van der Waals surface area contributed by atoms with Gasteiger partial charge in [-0.1, -0.05) is 30.0 Å². The monoisotopic (exact) mass is 381 g/mol. The molecule has 2 rings (SSSR count). The fourth-order valence-corrected chi connectivity index (χ4v) is 3.71. The Kier molecular flexibility index (Phi) is 6.44. The average molecular weight is 381 g/mol. The van der Waals surface area contributed by atoms with Crippen molar-refractivity contribution in [3.8, 4) is 11.5 Å². The van der Waals surface area contributed by atoms with Gasteiger partial charge in [0.2, 0.25) is 0 Å². The molecule has 8 heteroatoms. The van der Waals surface area contributed by atoms with E-state index in [2.05, 4.69) is 4.74 Å². The van der Waals surface area contributed by atoms with Gasteiger partial charge in [0, 0.05) is 0 Å². The molecule has 134 valence electrons. The Morgan fingerprint density at radius 3 is 2.68 bits per heavy atom. The van der Waals surface area contributed by atoms with Gasteiger partial charge in [-0.25, -0.2) is 4.79 Å². The van der Waals surface area contributed by atoms with Gasteiger partial charge in [-0.05, 0) is 37.6 Å². The predicted octanol–water partition coefficient (Wildman–Crippen LogP) is 2.86. The molecule has 1 atom stereocenters. The van der Waals surface area contributed by atoms with Crippen molar-refractivity contribution in [2.75, 3.05) is 20.8 Å². The fraction of sp³-hybridized carbons (Fsp3) is 0.353. The molecule has 0 aliphatic carbocycles. The lowest BCUT2D eigenvalue weighted by Crippen LogP contribution is -2.42. The maximum Gasteiger partial charge on any atom is 0.328 e. The van der Waals surface area contributed by atoms with Gasteiger partial charge in [0.05, 0.1) is 25.7 Å². The van der Waals surface area contributed by atoms with Crippen LogP contribution in [0.15, 0.2) is 23.1 Å². The highest BCUT2D eigenvalue weighted by molar-refractivity contribution is 8.26. The summed E-state index contributed by atoms with van der Waals surface area (Å²) in [6, 6.07) is 4.62. The van der Waals surface area contributed by atoms with E-state index >= 15 is 0 Å². The molecule has 1 aliphatic heterocycles. The quantitative estimate of drug-likeness (QED) is 0.426. The highest BCUT2D eigenvalue weighted by Crippen LogP contribution is 2.35. The number of hydrogen-bond acceptors (Lipinski definition) is 7.